The second-order valence-electron chi connectivity index (χ2n) is 4.31. The zero-order valence-electron chi connectivity index (χ0n) is 9.81. The molecule has 1 aromatic rings. The molecule has 1 heterocycles. The predicted octanol–water partition coefficient (Wildman–Crippen LogP) is 1.95. The zero-order chi connectivity index (χ0) is 11.8. The largest absolute Gasteiger partial charge is 0.361 e. The van der Waals surface area contributed by atoms with Gasteiger partial charge < -0.3 is 15.2 Å². The van der Waals surface area contributed by atoms with Crippen molar-refractivity contribution in [3.05, 3.63) is 35.6 Å². The molecule has 1 aliphatic rings. The molecule has 0 radical (unpaired) electrons. The van der Waals surface area contributed by atoms with Crippen molar-refractivity contribution in [3.63, 3.8) is 0 Å². The van der Waals surface area contributed by atoms with Gasteiger partial charge in [-0.15, -0.1) is 17.0 Å². The van der Waals surface area contributed by atoms with E-state index in [0.29, 0.717) is 12.2 Å². The van der Waals surface area contributed by atoms with E-state index in [1.807, 2.05) is 13.8 Å². The van der Waals surface area contributed by atoms with Gasteiger partial charge in [-0.05, 0) is 26.0 Å². The molecular formula is C12H17BrFNO2. The van der Waals surface area contributed by atoms with Crippen LogP contribution in [0.2, 0.25) is 0 Å². The zero-order valence-corrected chi connectivity index (χ0v) is 11.5. The standard InChI is InChI=1S/C12H16FNO2.BrH/c1-8-7-16-12(15,9(2)14-8)10-4-3-5-11(13)6-10;/h3-6,8-9,14-15H,7H2,1-2H3;1H/t8-,9+,12-;/m0./s1. The molecule has 1 aromatic carbocycles. The highest BCUT2D eigenvalue weighted by Gasteiger charge is 2.41. The first-order valence-electron chi connectivity index (χ1n) is 5.41. The van der Waals surface area contributed by atoms with Gasteiger partial charge >= 0.3 is 0 Å². The fourth-order valence-electron chi connectivity index (χ4n) is 2.01. The van der Waals surface area contributed by atoms with Crippen LogP contribution in [0.3, 0.4) is 0 Å². The Balaban J connectivity index is 0.00000144. The summed E-state index contributed by atoms with van der Waals surface area (Å²) in [5.74, 6) is -1.82. The molecule has 1 aliphatic heterocycles. The third-order valence-corrected chi connectivity index (χ3v) is 2.91. The maximum atomic E-state index is 13.1. The molecule has 0 unspecified atom stereocenters. The predicted molar refractivity (Wildman–Crippen MR) is 68.6 cm³/mol. The van der Waals surface area contributed by atoms with Crippen LogP contribution in [-0.4, -0.2) is 23.8 Å². The van der Waals surface area contributed by atoms with E-state index in [0.717, 1.165) is 0 Å². The SMILES string of the molecule is Br.C[C@H]1CO[C@](O)(c2cccc(F)c2)[C@@H](C)N1. The Labute approximate surface area is 111 Å². The van der Waals surface area contributed by atoms with E-state index in [9.17, 15) is 9.50 Å². The quantitative estimate of drug-likeness (QED) is 0.833. The molecule has 3 atom stereocenters. The molecule has 0 saturated carbocycles. The first-order chi connectivity index (χ1) is 7.52. The number of hydrogen-bond acceptors (Lipinski definition) is 3. The fraction of sp³-hybridized carbons (Fsp3) is 0.500. The number of nitrogens with one attached hydrogen (secondary N) is 1. The lowest BCUT2D eigenvalue weighted by Gasteiger charge is -2.41. The summed E-state index contributed by atoms with van der Waals surface area (Å²) in [6, 6.07) is 5.78. The normalized spacial score (nSPS) is 32.9. The molecule has 1 saturated heterocycles. The molecule has 0 aromatic heterocycles. The highest BCUT2D eigenvalue weighted by atomic mass is 79.9. The summed E-state index contributed by atoms with van der Waals surface area (Å²) in [5, 5.41) is 13.6. The van der Waals surface area contributed by atoms with Gasteiger partial charge in [-0.2, -0.15) is 0 Å². The van der Waals surface area contributed by atoms with Crippen LogP contribution in [0.1, 0.15) is 19.4 Å². The van der Waals surface area contributed by atoms with Crippen molar-refractivity contribution < 1.29 is 14.2 Å². The summed E-state index contributed by atoms with van der Waals surface area (Å²) in [6.07, 6.45) is 0. The maximum absolute atomic E-state index is 13.1. The van der Waals surface area contributed by atoms with E-state index in [4.69, 9.17) is 4.74 Å². The molecule has 0 bridgehead atoms. The van der Waals surface area contributed by atoms with Gasteiger partial charge in [0.1, 0.15) is 5.82 Å². The van der Waals surface area contributed by atoms with Crippen LogP contribution in [0.5, 0.6) is 0 Å². The van der Waals surface area contributed by atoms with Crippen LogP contribution in [-0.2, 0) is 10.5 Å². The average Bonchev–Trinajstić information content (AvgIpc) is 2.24. The number of hydrogen-bond donors (Lipinski definition) is 2. The van der Waals surface area contributed by atoms with Gasteiger partial charge in [-0.25, -0.2) is 4.39 Å². The number of rotatable bonds is 1. The lowest BCUT2D eigenvalue weighted by molar-refractivity contribution is -0.252. The van der Waals surface area contributed by atoms with Crippen LogP contribution < -0.4 is 5.32 Å². The highest BCUT2D eigenvalue weighted by Crippen LogP contribution is 2.30. The van der Waals surface area contributed by atoms with Crippen molar-refractivity contribution in [2.45, 2.75) is 31.7 Å². The fourth-order valence-corrected chi connectivity index (χ4v) is 2.01. The molecule has 17 heavy (non-hydrogen) atoms. The molecule has 2 N–H and O–H groups in total. The summed E-state index contributed by atoms with van der Waals surface area (Å²) < 4.78 is 18.6. The molecule has 96 valence electrons. The highest BCUT2D eigenvalue weighted by molar-refractivity contribution is 8.93. The Bertz CT molecular complexity index is 391. The molecular weight excluding hydrogens is 289 g/mol. The summed E-state index contributed by atoms with van der Waals surface area (Å²) >= 11 is 0. The van der Waals surface area contributed by atoms with E-state index in [2.05, 4.69) is 5.32 Å². The van der Waals surface area contributed by atoms with Crippen molar-refractivity contribution in [1.29, 1.82) is 0 Å². The van der Waals surface area contributed by atoms with E-state index >= 15 is 0 Å². The molecule has 0 spiro atoms. The third kappa shape index (κ3) is 2.85. The summed E-state index contributed by atoms with van der Waals surface area (Å²) in [4.78, 5) is 0. The Morgan fingerprint density at radius 1 is 1.47 bits per heavy atom. The van der Waals surface area contributed by atoms with Gasteiger partial charge in [0.2, 0.25) is 5.79 Å². The molecule has 1 fully saturated rings. The van der Waals surface area contributed by atoms with E-state index in [-0.39, 0.29) is 34.9 Å². The van der Waals surface area contributed by atoms with Crippen LogP contribution in [0.15, 0.2) is 24.3 Å². The minimum Gasteiger partial charge on any atom is -0.361 e. The lowest BCUT2D eigenvalue weighted by atomic mass is 9.96. The van der Waals surface area contributed by atoms with Crippen molar-refractivity contribution >= 4 is 17.0 Å². The second kappa shape index (κ2) is 5.44. The minimum absolute atomic E-state index is 0. The summed E-state index contributed by atoms with van der Waals surface area (Å²) in [6.45, 7) is 4.19. The van der Waals surface area contributed by atoms with E-state index in [1.54, 1.807) is 12.1 Å². The Morgan fingerprint density at radius 3 is 2.76 bits per heavy atom. The van der Waals surface area contributed by atoms with Gasteiger partial charge in [0, 0.05) is 11.6 Å². The number of morpholine rings is 1. The molecule has 5 heteroatoms. The number of halogens is 2. The van der Waals surface area contributed by atoms with Crippen molar-refractivity contribution in [2.75, 3.05) is 6.61 Å². The maximum Gasteiger partial charge on any atom is 0.208 e. The molecule has 3 nitrogen and oxygen atoms in total. The van der Waals surface area contributed by atoms with E-state index in [1.165, 1.54) is 12.1 Å². The van der Waals surface area contributed by atoms with Crippen LogP contribution in [0, 0.1) is 5.82 Å². The first-order valence-corrected chi connectivity index (χ1v) is 5.41. The molecule has 0 aliphatic carbocycles. The van der Waals surface area contributed by atoms with Gasteiger partial charge in [-0.3, -0.25) is 0 Å². The Morgan fingerprint density at radius 2 is 2.18 bits per heavy atom. The van der Waals surface area contributed by atoms with Gasteiger partial charge in [0.15, 0.2) is 0 Å². The second-order valence-corrected chi connectivity index (χ2v) is 4.31. The topological polar surface area (TPSA) is 41.5 Å². The first kappa shape index (κ1) is 14.6. The molecule has 2 rings (SSSR count). The summed E-state index contributed by atoms with van der Waals surface area (Å²) in [5.41, 5.74) is 0.444. The van der Waals surface area contributed by atoms with E-state index < -0.39 is 5.79 Å². The number of aliphatic hydroxyl groups is 1. The summed E-state index contributed by atoms with van der Waals surface area (Å²) in [7, 11) is 0. The Kier molecular flexibility index (Phi) is 4.66. The number of ether oxygens (including phenoxy) is 1. The van der Waals surface area contributed by atoms with Gasteiger partial charge in [0.05, 0.1) is 12.6 Å². The monoisotopic (exact) mass is 305 g/mol. The lowest BCUT2D eigenvalue weighted by Crippen LogP contribution is -2.58. The van der Waals surface area contributed by atoms with Crippen LogP contribution in [0.4, 0.5) is 4.39 Å². The van der Waals surface area contributed by atoms with Crippen molar-refractivity contribution in [1.82, 2.24) is 5.32 Å². The smallest absolute Gasteiger partial charge is 0.208 e. The molecule has 0 amide bonds. The van der Waals surface area contributed by atoms with Gasteiger partial charge in [0.25, 0.3) is 0 Å². The van der Waals surface area contributed by atoms with Crippen molar-refractivity contribution in [3.8, 4) is 0 Å². The average molecular weight is 306 g/mol. The van der Waals surface area contributed by atoms with Crippen molar-refractivity contribution in [2.24, 2.45) is 0 Å². The third-order valence-electron chi connectivity index (χ3n) is 2.91. The van der Waals surface area contributed by atoms with Crippen LogP contribution >= 0.6 is 17.0 Å². The van der Waals surface area contributed by atoms with Gasteiger partial charge in [-0.1, -0.05) is 12.1 Å². The number of benzene rings is 1. The Hall–Kier alpha value is -0.490. The minimum atomic E-state index is -1.45. The van der Waals surface area contributed by atoms with Crippen LogP contribution in [0.25, 0.3) is 0 Å².